The third-order valence-corrected chi connectivity index (χ3v) is 3.45. The normalized spacial score (nSPS) is 12.9. The van der Waals surface area contributed by atoms with Crippen molar-refractivity contribution in [1.82, 2.24) is 10.4 Å². The molecule has 16 heavy (non-hydrogen) atoms. The molecule has 0 aliphatic carbocycles. The highest BCUT2D eigenvalue weighted by Gasteiger charge is 2.17. The maximum atomic E-state index is 5.55. The van der Waals surface area contributed by atoms with E-state index in [4.69, 9.17) is 10.3 Å². The van der Waals surface area contributed by atoms with Crippen molar-refractivity contribution in [2.24, 2.45) is 5.84 Å². The van der Waals surface area contributed by atoms with Gasteiger partial charge in [0.2, 0.25) is 0 Å². The first-order chi connectivity index (χ1) is 7.70. The number of aryl methyl sites for hydroxylation is 2. The Bertz CT molecular complexity index is 463. The lowest BCUT2D eigenvalue weighted by atomic mass is 10.1. The second-order valence-corrected chi connectivity index (χ2v) is 4.72. The summed E-state index contributed by atoms with van der Waals surface area (Å²) in [7, 11) is 0. The smallest absolute Gasteiger partial charge is 0.125 e. The number of rotatable bonds is 4. The Kier molecular flexibility index (Phi) is 3.38. The van der Waals surface area contributed by atoms with Crippen molar-refractivity contribution in [3.8, 4) is 0 Å². The molecule has 5 heteroatoms. The summed E-state index contributed by atoms with van der Waals surface area (Å²) in [5, 5.41) is 3.11. The topological polar surface area (TPSA) is 64.1 Å². The molecule has 2 heterocycles. The molecule has 0 aliphatic rings. The van der Waals surface area contributed by atoms with E-state index < -0.39 is 0 Å². The van der Waals surface area contributed by atoms with Crippen LogP contribution in [0.5, 0.6) is 0 Å². The molecule has 2 rings (SSSR count). The average Bonchev–Trinajstić information content (AvgIpc) is 2.84. The monoisotopic (exact) mass is 237 g/mol. The molecule has 2 aromatic rings. The molecular weight excluding hydrogens is 222 g/mol. The highest BCUT2D eigenvalue weighted by Crippen LogP contribution is 2.23. The molecule has 2 aromatic heterocycles. The number of aromatic nitrogens is 1. The zero-order valence-electron chi connectivity index (χ0n) is 9.36. The molecule has 3 N–H and O–H groups in total. The third kappa shape index (κ3) is 2.32. The molecule has 0 radical (unpaired) electrons. The molecule has 1 atom stereocenters. The average molecular weight is 237 g/mol. The summed E-state index contributed by atoms with van der Waals surface area (Å²) >= 11 is 1.65. The zero-order valence-corrected chi connectivity index (χ0v) is 10.2. The number of furan rings is 1. The number of nitrogens with zero attached hydrogens (tertiary/aromatic N) is 1. The van der Waals surface area contributed by atoms with Gasteiger partial charge >= 0.3 is 0 Å². The van der Waals surface area contributed by atoms with Crippen molar-refractivity contribution in [3.05, 3.63) is 39.7 Å². The molecule has 0 aliphatic heterocycles. The lowest BCUT2D eigenvalue weighted by Gasteiger charge is -2.12. The van der Waals surface area contributed by atoms with E-state index >= 15 is 0 Å². The fourth-order valence-corrected chi connectivity index (χ4v) is 2.46. The maximum absolute atomic E-state index is 5.55. The van der Waals surface area contributed by atoms with E-state index in [0.29, 0.717) is 0 Å². The van der Waals surface area contributed by atoms with Gasteiger partial charge in [-0.15, -0.1) is 11.3 Å². The van der Waals surface area contributed by atoms with Crippen molar-refractivity contribution in [3.63, 3.8) is 0 Å². The highest BCUT2D eigenvalue weighted by atomic mass is 32.1. The maximum Gasteiger partial charge on any atom is 0.125 e. The standard InChI is InChI=1S/C11H15N3OS/c1-7-3-4-15-11(7)9(14-12)5-10-13-8(2)6-16-10/h3-4,6,9,14H,5,12H2,1-2H3. The van der Waals surface area contributed by atoms with Crippen LogP contribution in [0.3, 0.4) is 0 Å². The predicted octanol–water partition coefficient (Wildman–Crippen LogP) is 2.10. The largest absolute Gasteiger partial charge is 0.467 e. The Balaban J connectivity index is 2.15. The Morgan fingerprint density at radius 2 is 2.38 bits per heavy atom. The lowest BCUT2D eigenvalue weighted by Crippen LogP contribution is -2.29. The van der Waals surface area contributed by atoms with E-state index in [0.717, 1.165) is 28.4 Å². The predicted molar refractivity (Wildman–Crippen MR) is 64.1 cm³/mol. The van der Waals surface area contributed by atoms with Crippen LogP contribution in [-0.4, -0.2) is 4.98 Å². The summed E-state index contributed by atoms with van der Waals surface area (Å²) in [4.78, 5) is 4.42. The van der Waals surface area contributed by atoms with Crippen LogP contribution in [0, 0.1) is 13.8 Å². The second-order valence-electron chi connectivity index (χ2n) is 3.77. The van der Waals surface area contributed by atoms with Crippen molar-refractivity contribution in [2.45, 2.75) is 26.3 Å². The number of hydrogen-bond donors (Lipinski definition) is 2. The molecule has 86 valence electrons. The van der Waals surface area contributed by atoms with Crippen LogP contribution in [0.2, 0.25) is 0 Å². The summed E-state index contributed by atoms with van der Waals surface area (Å²) in [6.45, 7) is 4.00. The molecule has 0 bridgehead atoms. The molecule has 0 saturated heterocycles. The van der Waals surface area contributed by atoms with Crippen molar-refractivity contribution >= 4 is 11.3 Å². The van der Waals surface area contributed by atoms with Crippen LogP contribution >= 0.6 is 11.3 Å². The lowest BCUT2D eigenvalue weighted by molar-refractivity contribution is 0.413. The van der Waals surface area contributed by atoms with Crippen LogP contribution in [0.4, 0.5) is 0 Å². The highest BCUT2D eigenvalue weighted by molar-refractivity contribution is 7.09. The summed E-state index contributed by atoms with van der Waals surface area (Å²) in [6.07, 6.45) is 2.44. The molecule has 1 unspecified atom stereocenters. The summed E-state index contributed by atoms with van der Waals surface area (Å²) in [6, 6.07) is 1.92. The minimum atomic E-state index is -0.0134. The molecule has 0 spiro atoms. The van der Waals surface area contributed by atoms with E-state index in [1.807, 2.05) is 25.3 Å². The number of hydrogen-bond acceptors (Lipinski definition) is 5. The van der Waals surface area contributed by atoms with Crippen molar-refractivity contribution in [1.29, 1.82) is 0 Å². The van der Waals surface area contributed by atoms with Gasteiger partial charge in [-0.25, -0.2) is 10.4 Å². The number of hydrazine groups is 1. The van der Waals surface area contributed by atoms with Crippen LogP contribution in [0.15, 0.2) is 22.1 Å². The fourth-order valence-electron chi connectivity index (χ4n) is 1.64. The minimum absolute atomic E-state index is 0.0134. The van der Waals surface area contributed by atoms with Gasteiger partial charge in [-0.1, -0.05) is 0 Å². The number of thiazole rings is 1. The van der Waals surface area contributed by atoms with Gasteiger partial charge in [0.05, 0.1) is 17.3 Å². The van der Waals surface area contributed by atoms with E-state index in [2.05, 4.69) is 10.4 Å². The van der Waals surface area contributed by atoms with Gasteiger partial charge < -0.3 is 4.42 Å². The van der Waals surface area contributed by atoms with Gasteiger partial charge in [0.1, 0.15) is 5.76 Å². The molecule has 0 aromatic carbocycles. The Morgan fingerprint density at radius 1 is 1.56 bits per heavy atom. The van der Waals surface area contributed by atoms with E-state index in [1.54, 1.807) is 17.6 Å². The van der Waals surface area contributed by atoms with Crippen LogP contribution < -0.4 is 11.3 Å². The van der Waals surface area contributed by atoms with Crippen molar-refractivity contribution < 1.29 is 4.42 Å². The van der Waals surface area contributed by atoms with Gasteiger partial charge in [0.15, 0.2) is 0 Å². The summed E-state index contributed by atoms with van der Waals surface area (Å²) in [5.41, 5.74) is 4.93. The van der Waals surface area contributed by atoms with Gasteiger partial charge in [0.25, 0.3) is 0 Å². The van der Waals surface area contributed by atoms with E-state index in [9.17, 15) is 0 Å². The Hall–Kier alpha value is -1.17. The number of nitrogens with one attached hydrogen (secondary N) is 1. The SMILES string of the molecule is Cc1csc(CC(NN)c2occc2C)n1. The van der Waals surface area contributed by atoms with Gasteiger partial charge in [-0.3, -0.25) is 5.84 Å². The van der Waals surface area contributed by atoms with Crippen molar-refractivity contribution in [2.75, 3.05) is 0 Å². The molecular formula is C11H15N3OS. The summed E-state index contributed by atoms with van der Waals surface area (Å²) in [5.74, 6) is 6.44. The van der Waals surface area contributed by atoms with Gasteiger partial charge in [-0.05, 0) is 25.5 Å². The van der Waals surface area contributed by atoms with Crippen LogP contribution in [0.25, 0.3) is 0 Å². The quantitative estimate of drug-likeness (QED) is 0.631. The first-order valence-electron chi connectivity index (χ1n) is 5.12. The molecule has 0 amide bonds. The Morgan fingerprint density at radius 3 is 2.88 bits per heavy atom. The summed E-state index contributed by atoms with van der Waals surface area (Å²) < 4.78 is 5.43. The zero-order chi connectivity index (χ0) is 11.5. The van der Waals surface area contributed by atoms with Crippen LogP contribution in [-0.2, 0) is 6.42 Å². The molecule has 0 fully saturated rings. The Labute approximate surface area is 98.5 Å². The molecule has 4 nitrogen and oxygen atoms in total. The molecule has 0 saturated carbocycles. The first kappa shape index (κ1) is 11.3. The number of nitrogens with two attached hydrogens (primary N) is 1. The third-order valence-electron chi connectivity index (χ3n) is 2.46. The first-order valence-corrected chi connectivity index (χ1v) is 6.00. The van der Waals surface area contributed by atoms with E-state index in [1.165, 1.54) is 0 Å². The van der Waals surface area contributed by atoms with Gasteiger partial charge in [0, 0.05) is 17.5 Å². The van der Waals surface area contributed by atoms with Gasteiger partial charge in [-0.2, -0.15) is 0 Å². The van der Waals surface area contributed by atoms with Crippen LogP contribution in [0.1, 0.15) is 28.1 Å². The fraction of sp³-hybridized carbons (Fsp3) is 0.364. The second kappa shape index (κ2) is 4.78. The van der Waals surface area contributed by atoms with E-state index in [-0.39, 0.29) is 6.04 Å². The minimum Gasteiger partial charge on any atom is -0.467 e.